The number of hydrogen-bond acceptors (Lipinski definition) is 0. The minimum atomic E-state index is -0.951. The number of benzene rings is 7. The van der Waals surface area contributed by atoms with Gasteiger partial charge in [-0.05, 0) is 83.2 Å². The van der Waals surface area contributed by atoms with Gasteiger partial charge in [-0.15, -0.1) is 0 Å². The summed E-state index contributed by atoms with van der Waals surface area (Å²) in [7, 11) is 0. The molecule has 0 fully saturated rings. The molecule has 0 aliphatic rings. The molecule has 28 heavy (non-hydrogen) atoms. The van der Waals surface area contributed by atoms with Crippen LogP contribution in [0.5, 0.6) is 0 Å². The zero-order chi connectivity index (χ0) is 18.8. The van der Waals surface area contributed by atoms with Crippen molar-refractivity contribution in [3.8, 4) is 0 Å². The van der Waals surface area contributed by atoms with Gasteiger partial charge in [0.25, 0.3) is 0 Å². The van der Waals surface area contributed by atoms with Gasteiger partial charge >= 0.3 is 0 Å². The van der Waals surface area contributed by atoms with Gasteiger partial charge in [-0.1, -0.05) is 83.9 Å². The second-order valence-electron chi connectivity index (χ2n) is 8.05. The molecule has 132 valence electrons. The molecule has 0 saturated carbocycles. The fourth-order valence-corrected chi connectivity index (χ4v) is 5.66. The first-order valence-corrected chi connectivity index (χ1v) is 10.3. The van der Waals surface area contributed by atoms with E-state index in [0.717, 1.165) is 10.9 Å². The van der Waals surface area contributed by atoms with Crippen LogP contribution in [0.25, 0.3) is 64.6 Å². The average Bonchev–Trinajstić information content (AvgIpc) is 2.70. The summed E-state index contributed by atoms with van der Waals surface area (Å²) in [4.78, 5) is 0. The fourth-order valence-electron chi connectivity index (χ4n) is 5.35. The first-order chi connectivity index (χ1) is 13.5. The molecule has 2 heteroatoms. The number of hydrogen-bond donors (Lipinski definition) is 0. The van der Waals surface area contributed by atoms with Gasteiger partial charge in [-0.25, -0.2) is 0 Å². The summed E-state index contributed by atoms with van der Waals surface area (Å²) in [6.07, 6.45) is 0. The SMILES string of the molecule is CC(Cl)(Cl)c1cc2ccc3ccc4ccc5ccc6ccc1c1c6c5c4c3c21. The number of alkyl halides is 2. The van der Waals surface area contributed by atoms with Gasteiger partial charge in [-0.3, -0.25) is 0 Å². The third-order valence-electron chi connectivity index (χ3n) is 6.48. The second-order valence-corrected chi connectivity index (χ2v) is 9.76. The standard InChI is InChI=1S/C26H14Cl2/c1-26(27,28)19-12-17-9-8-15-5-3-13-2-4-14-6-7-16-10-11-18(19)25-23(16)21(14)20(13)22(15)24(17)25/h2-12H,1H3. The summed E-state index contributed by atoms with van der Waals surface area (Å²) < 4.78 is -0.951. The molecule has 7 aromatic carbocycles. The average molecular weight is 397 g/mol. The molecule has 0 saturated heterocycles. The third kappa shape index (κ3) is 1.66. The summed E-state index contributed by atoms with van der Waals surface area (Å²) in [5.74, 6) is 0. The van der Waals surface area contributed by atoms with E-state index >= 15 is 0 Å². The van der Waals surface area contributed by atoms with E-state index in [1.54, 1.807) is 0 Å². The fraction of sp³-hybridized carbons (Fsp3) is 0.0769. The molecule has 0 N–H and O–H groups in total. The molecule has 0 heterocycles. The minimum Gasteiger partial charge on any atom is -0.0966 e. The van der Waals surface area contributed by atoms with Gasteiger partial charge in [0.15, 0.2) is 0 Å². The zero-order valence-corrected chi connectivity index (χ0v) is 16.6. The van der Waals surface area contributed by atoms with E-state index in [1.807, 2.05) is 6.92 Å². The lowest BCUT2D eigenvalue weighted by atomic mass is 9.81. The lowest BCUT2D eigenvalue weighted by molar-refractivity contribution is 0.993. The van der Waals surface area contributed by atoms with Crippen molar-refractivity contribution in [1.82, 2.24) is 0 Å². The van der Waals surface area contributed by atoms with Crippen molar-refractivity contribution in [1.29, 1.82) is 0 Å². The number of rotatable bonds is 1. The van der Waals surface area contributed by atoms with Gasteiger partial charge < -0.3 is 0 Å². The molecule has 0 nitrogen and oxygen atoms in total. The van der Waals surface area contributed by atoms with E-state index < -0.39 is 4.33 Å². The van der Waals surface area contributed by atoms with Crippen LogP contribution in [-0.4, -0.2) is 0 Å². The van der Waals surface area contributed by atoms with Crippen molar-refractivity contribution in [2.45, 2.75) is 11.3 Å². The first kappa shape index (κ1) is 15.4. The topological polar surface area (TPSA) is 0 Å². The maximum atomic E-state index is 6.64. The molecule has 0 aliphatic carbocycles. The molecule has 0 aliphatic heterocycles. The Kier molecular flexibility index (Phi) is 2.59. The number of halogens is 2. The summed E-state index contributed by atoms with van der Waals surface area (Å²) in [5.41, 5.74) is 0.975. The maximum absolute atomic E-state index is 6.64. The first-order valence-electron chi connectivity index (χ1n) is 9.51. The van der Waals surface area contributed by atoms with Crippen molar-refractivity contribution in [3.05, 3.63) is 72.3 Å². The summed E-state index contributed by atoms with van der Waals surface area (Å²) in [6.45, 7) is 1.86. The van der Waals surface area contributed by atoms with E-state index in [4.69, 9.17) is 23.2 Å². The summed E-state index contributed by atoms with van der Waals surface area (Å²) >= 11 is 13.3. The molecule has 7 aromatic rings. The Bertz CT molecular complexity index is 1630. The molecule has 0 atom stereocenters. The zero-order valence-electron chi connectivity index (χ0n) is 15.1. The Morgan fingerprint density at radius 3 is 1.32 bits per heavy atom. The van der Waals surface area contributed by atoms with Crippen LogP contribution in [-0.2, 0) is 4.33 Å². The highest BCUT2D eigenvalue weighted by Crippen LogP contribution is 2.50. The maximum Gasteiger partial charge on any atom is 0.141 e. The lowest BCUT2D eigenvalue weighted by Crippen LogP contribution is -2.05. The smallest absolute Gasteiger partial charge is 0.0966 e. The Hall–Kier alpha value is -2.54. The van der Waals surface area contributed by atoms with Crippen molar-refractivity contribution in [2.75, 3.05) is 0 Å². The molecule has 0 unspecified atom stereocenters. The van der Waals surface area contributed by atoms with Crippen molar-refractivity contribution < 1.29 is 0 Å². The van der Waals surface area contributed by atoms with Crippen LogP contribution in [0, 0.1) is 0 Å². The Labute approximate surface area is 171 Å². The molecule has 0 amide bonds. The van der Waals surface area contributed by atoms with Gasteiger partial charge in [0.05, 0.1) is 0 Å². The molecular formula is C26H14Cl2. The van der Waals surface area contributed by atoms with E-state index in [0.29, 0.717) is 0 Å². The Balaban J connectivity index is 1.99. The predicted molar refractivity (Wildman–Crippen MR) is 124 cm³/mol. The largest absolute Gasteiger partial charge is 0.141 e. The molecule has 7 rings (SSSR count). The molecule has 0 spiro atoms. The van der Waals surface area contributed by atoms with Crippen molar-refractivity contribution in [3.63, 3.8) is 0 Å². The normalized spacial score (nSPS) is 13.5. The Morgan fingerprint density at radius 2 is 0.857 bits per heavy atom. The molecule has 0 bridgehead atoms. The van der Waals surface area contributed by atoms with E-state index in [2.05, 4.69) is 66.7 Å². The Morgan fingerprint density at radius 1 is 0.500 bits per heavy atom. The summed E-state index contributed by atoms with van der Waals surface area (Å²) in [6, 6.07) is 24.4. The quantitative estimate of drug-likeness (QED) is 0.148. The molecule has 0 aromatic heterocycles. The van der Waals surface area contributed by atoms with Crippen LogP contribution in [0.4, 0.5) is 0 Å². The third-order valence-corrected chi connectivity index (χ3v) is 6.88. The second kappa shape index (κ2) is 4.71. The van der Waals surface area contributed by atoms with E-state index in [9.17, 15) is 0 Å². The van der Waals surface area contributed by atoms with Gasteiger partial charge in [0.1, 0.15) is 4.33 Å². The van der Waals surface area contributed by atoms with Crippen LogP contribution in [0.15, 0.2) is 66.7 Å². The van der Waals surface area contributed by atoms with Gasteiger partial charge in [-0.2, -0.15) is 0 Å². The highest BCUT2D eigenvalue weighted by molar-refractivity contribution is 6.50. The monoisotopic (exact) mass is 396 g/mol. The summed E-state index contributed by atoms with van der Waals surface area (Å²) in [5, 5.41) is 15.5. The predicted octanol–water partition coefficient (Wildman–Crippen LogP) is 8.57. The highest BCUT2D eigenvalue weighted by atomic mass is 35.5. The highest BCUT2D eigenvalue weighted by Gasteiger charge is 2.27. The van der Waals surface area contributed by atoms with Gasteiger partial charge in [0, 0.05) is 0 Å². The van der Waals surface area contributed by atoms with Crippen LogP contribution in [0.3, 0.4) is 0 Å². The van der Waals surface area contributed by atoms with Crippen LogP contribution in [0.2, 0.25) is 0 Å². The van der Waals surface area contributed by atoms with Crippen molar-refractivity contribution >= 4 is 87.8 Å². The van der Waals surface area contributed by atoms with E-state index in [1.165, 1.54) is 59.2 Å². The minimum absolute atomic E-state index is 0.951. The molecule has 0 radical (unpaired) electrons. The van der Waals surface area contributed by atoms with Gasteiger partial charge in [0.2, 0.25) is 0 Å². The lowest BCUT2D eigenvalue weighted by Gasteiger charge is -2.24. The van der Waals surface area contributed by atoms with Crippen LogP contribution in [0.1, 0.15) is 12.5 Å². The molecular weight excluding hydrogens is 383 g/mol. The van der Waals surface area contributed by atoms with E-state index in [-0.39, 0.29) is 0 Å². The van der Waals surface area contributed by atoms with Crippen LogP contribution < -0.4 is 0 Å². The van der Waals surface area contributed by atoms with Crippen LogP contribution >= 0.6 is 23.2 Å². The van der Waals surface area contributed by atoms with Crippen molar-refractivity contribution in [2.24, 2.45) is 0 Å².